The van der Waals surface area contributed by atoms with E-state index in [9.17, 15) is 5.11 Å². The maximum absolute atomic E-state index is 9.58. The summed E-state index contributed by atoms with van der Waals surface area (Å²) in [5.74, 6) is 0.184. The molecule has 2 aromatic rings. The molecule has 1 aromatic carbocycles. The van der Waals surface area contributed by atoms with Crippen LogP contribution in [-0.2, 0) is 6.61 Å². The Balaban J connectivity index is 2.54. The number of aliphatic hydroxyl groups is 1. The van der Waals surface area contributed by atoms with E-state index in [0.29, 0.717) is 11.3 Å². The van der Waals surface area contributed by atoms with E-state index in [1.165, 1.54) is 0 Å². The molecule has 0 fully saturated rings. The van der Waals surface area contributed by atoms with Gasteiger partial charge in [-0.15, -0.1) is 0 Å². The number of nitrogens with one attached hydrogen (secondary N) is 1. The normalized spacial score (nSPS) is 10.4. The van der Waals surface area contributed by atoms with Crippen molar-refractivity contribution in [3.8, 4) is 16.9 Å². The number of hydrogen-bond donors (Lipinski definition) is 3. The lowest BCUT2D eigenvalue weighted by Gasteiger charge is -2.02. The Kier molecular flexibility index (Phi) is 2.20. The van der Waals surface area contributed by atoms with Gasteiger partial charge in [0.1, 0.15) is 5.75 Å². The SMILES string of the molecule is OCc1[nH]ncc1-c1ccccc1O. The molecule has 2 rings (SSSR count). The Morgan fingerprint density at radius 1 is 1.21 bits per heavy atom. The largest absolute Gasteiger partial charge is 0.507 e. The summed E-state index contributed by atoms with van der Waals surface area (Å²) in [5, 5.41) is 25.1. The van der Waals surface area contributed by atoms with E-state index >= 15 is 0 Å². The van der Waals surface area contributed by atoms with Crippen LogP contribution >= 0.6 is 0 Å². The third-order valence-corrected chi connectivity index (χ3v) is 2.07. The van der Waals surface area contributed by atoms with Crippen LogP contribution in [0.4, 0.5) is 0 Å². The van der Waals surface area contributed by atoms with Crippen molar-refractivity contribution in [2.45, 2.75) is 6.61 Å². The maximum Gasteiger partial charge on any atom is 0.123 e. The first kappa shape index (κ1) is 8.77. The van der Waals surface area contributed by atoms with Crippen LogP contribution < -0.4 is 0 Å². The van der Waals surface area contributed by atoms with Crippen LogP contribution in [0.3, 0.4) is 0 Å². The molecule has 0 unspecified atom stereocenters. The summed E-state index contributed by atoms with van der Waals surface area (Å²) in [5.41, 5.74) is 2.00. The Labute approximate surface area is 80.8 Å². The summed E-state index contributed by atoms with van der Waals surface area (Å²) in [7, 11) is 0. The maximum atomic E-state index is 9.58. The van der Waals surface area contributed by atoms with E-state index in [1.54, 1.807) is 24.4 Å². The lowest BCUT2D eigenvalue weighted by atomic mass is 10.1. The summed E-state index contributed by atoms with van der Waals surface area (Å²) in [6.07, 6.45) is 1.58. The van der Waals surface area contributed by atoms with Crippen molar-refractivity contribution in [2.24, 2.45) is 0 Å². The molecule has 0 aliphatic carbocycles. The highest BCUT2D eigenvalue weighted by Gasteiger charge is 2.09. The predicted molar refractivity (Wildman–Crippen MR) is 51.6 cm³/mol. The average Bonchev–Trinajstić information content (AvgIpc) is 2.66. The van der Waals surface area contributed by atoms with Gasteiger partial charge in [0.25, 0.3) is 0 Å². The number of para-hydroxylation sites is 1. The number of phenolic OH excluding ortho intramolecular Hbond substituents is 1. The molecule has 4 nitrogen and oxygen atoms in total. The minimum Gasteiger partial charge on any atom is -0.507 e. The fourth-order valence-corrected chi connectivity index (χ4v) is 1.37. The summed E-state index contributed by atoms with van der Waals surface area (Å²) in [4.78, 5) is 0. The van der Waals surface area contributed by atoms with E-state index in [-0.39, 0.29) is 12.4 Å². The first-order valence-electron chi connectivity index (χ1n) is 4.24. The van der Waals surface area contributed by atoms with Gasteiger partial charge in [-0.3, -0.25) is 5.10 Å². The molecule has 0 atom stereocenters. The number of hydrogen-bond acceptors (Lipinski definition) is 3. The Bertz CT molecular complexity index is 437. The molecule has 3 N–H and O–H groups in total. The number of phenols is 1. The average molecular weight is 190 g/mol. The Morgan fingerprint density at radius 3 is 2.71 bits per heavy atom. The third kappa shape index (κ3) is 1.36. The smallest absolute Gasteiger partial charge is 0.123 e. The van der Waals surface area contributed by atoms with Crippen LogP contribution in [0.1, 0.15) is 5.69 Å². The fourth-order valence-electron chi connectivity index (χ4n) is 1.37. The monoisotopic (exact) mass is 190 g/mol. The van der Waals surface area contributed by atoms with Crippen LogP contribution in [0, 0.1) is 0 Å². The molecule has 0 aliphatic heterocycles. The van der Waals surface area contributed by atoms with Gasteiger partial charge in [-0.2, -0.15) is 5.10 Å². The van der Waals surface area contributed by atoms with Crippen molar-refractivity contribution in [1.29, 1.82) is 0 Å². The number of benzene rings is 1. The van der Waals surface area contributed by atoms with Gasteiger partial charge in [-0.05, 0) is 6.07 Å². The number of nitrogens with zero attached hydrogens (tertiary/aromatic N) is 1. The Hall–Kier alpha value is -1.81. The lowest BCUT2D eigenvalue weighted by molar-refractivity contribution is 0.277. The minimum atomic E-state index is -0.121. The minimum absolute atomic E-state index is 0.121. The Morgan fingerprint density at radius 2 is 2.00 bits per heavy atom. The number of aromatic hydroxyl groups is 1. The van der Waals surface area contributed by atoms with E-state index in [0.717, 1.165) is 5.56 Å². The number of aliphatic hydroxyl groups excluding tert-OH is 1. The standard InChI is InChI=1S/C10H10N2O2/c13-6-9-8(5-11-12-9)7-3-1-2-4-10(7)14/h1-5,13-14H,6H2,(H,11,12). The number of H-pyrrole nitrogens is 1. The van der Waals surface area contributed by atoms with Gasteiger partial charge in [-0.1, -0.05) is 18.2 Å². The van der Waals surface area contributed by atoms with Crippen LogP contribution in [0.15, 0.2) is 30.5 Å². The number of aromatic nitrogens is 2. The molecule has 14 heavy (non-hydrogen) atoms. The molecule has 0 aliphatic rings. The van der Waals surface area contributed by atoms with Crippen LogP contribution in [0.5, 0.6) is 5.75 Å². The molecular formula is C10H10N2O2. The number of aromatic amines is 1. The second-order valence-corrected chi connectivity index (χ2v) is 2.94. The molecule has 0 bridgehead atoms. The molecular weight excluding hydrogens is 180 g/mol. The van der Waals surface area contributed by atoms with Crippen molar-refractivity contribution >= 4 is 0 Å². The van der Waals surface area contributed by atoms with E-state index in [4.69, 9.17) is 5.11 Å². The highest BCUT2D eigenvalue weighted by atomic mass is 16.3. The second-order valence-electron chi connectivity index (χ2n) is 2.94. The van der Waals surface area contributed by atoms with Crippen LogP contribution in [0.2, 0.25) is 0 Å². The predicted octanol–water partition coefficient (Wildman–Crippen LogP) is 1.27. The van der Waals surface area contributed by atoms with Crippen molar-refractivity contribution in [2.75, 3.05) is 0 Å². The zero-order valence-corrected chi connectivity index (χ0v) is 7.44. The topological polar surface area (TPSA) is 69.1 Å². The summed E-state index contributed by atoms with van der Waals surface area (Å²) < 4.78 is 0. The van der Waals surface area contributed by atoms with E-state index < -0.39 is 0 Å². The van der Waals surface area contributed by atoms with Gasteiger partial charge in [0.05, 0.1) is 18.5 Å². The molecule has 1 aromatic heterocycles. The van der Waals surface area contributed by atoms with Crippen molar-refractivity contribution in [3.63, 3.8) is 0 Å². The molecule has 72 valence electrons. The second kappa shape index (κ2) is 3.51. The van der Waals surface area contributed by atoms with Crippen molar-refractivity contribution < 1.29 is 10.2 Å². The van der Waals surface area contributed by atoms with Gasteiger partial charge < -0.3 is 10.2 Å². The molecule has 0 saturated heterocycles. The highest BCUT2D eigenvalue weighted by Crippen LogP contribution is 2.29. The van der Waals surface area contributed by atoms with Gasteiger partial charge in [0, 0.05) is 11.1 Å². The highest BCUT2D eigenvalue weighted by molar-refractivity contribution is 5.71. The summed E-state index contributed by atoms with van der Waals surface area (Å²) >= 11 is 0. The van der Waals surface area contributed by atoms with Gasteiger partial charge in [0.2, 0.25) is 0 Å². The quantitative estimate of drug-likeness (QED) is 0.668. The van der Waals surface area contributed by atoms with E-state index in [1.807, 2.05) is 6.07 Å². The molecule has 4 heteroatoms. The first-order valence-corrected chi connectivity index (χ1v) is 4.24. The molecule has 0 saturated carbocycles. The van der Waals surface area contributed by atoms with Crippen molar-refractivity contribution in [1.82, 2.24) is 10.2 Å². The van der Waals surface area contributed by atoms with Crippen molar-refractivity contribution in [3.05, 3.63) is 36.2 Å². The molecule has 0 amide bonds. The van der Waals surface area contributed by atoms with Gasteiger partial charge in [0.15, 0.2) is 0 Å². The fraction of sp³-hybridized carbons (Fsp3) is 0.100. The summed E-state index contributed by atoms with van der Waals surface area (Å²) in [6.45, 7) is -0.121. The van der Waals surface area contributed by atoms with Crippen LogP contribution in [0.25, 0.3) is 11.1 Å². The third-order valence-electron chi connectivity index (χ3n) is 2.07. The summed E-state index contributed by atoms with van der Waals surface area (Å²) in [6, 6.07) is 6.95. The number of rotatable bonds is 2. The van der Waals surface area contributed by atoms with E-state index in [2.05, 4.69) is 10.2 Å². The molecule has 0 radical (unpaired) electrons. The zero-order chi connectivity index (χ0) is 9.97. The zero-order valence-electron chi connectivity index (χ0n) is 7.44. The molecule has 0 spiro atoms. The van der Waals surface area contributed by atoms with Crippen LogP contribution in [-0.4, -0.2) is 20.4 Å². The first-order chi connectivity index (χ1) is 6.83. The van der Waals surface area contributed by atoms with Gasteiger partial charge >= 0.3 is 0 Å². The lowest BCUT2D eigenvalue weighted by Crippen LogP contribution is -1.87. The van der Waals surface area contributed by atoms with Gasteiger partial charge in [-0.25, -0.2) is 0 Å². The molecule has 1 heterocycles.